The van der Waals surface area contributed by atoms with E-state index in [-0.39, 0.29) is 5.82 Å². The number of hydrogen-bond donors (Lipinski definition) is 3. The lowest BCUT2D eigenvalue weighted by Crippen LogP contribution is -2.33. The first-order valence-electron chi connectivity index (χ1n) is 8.28. The fourth-order valence-corrected chi connectivity index (χ4v) is 3.06. The highest BCUT2D eigenvalue weighted by atomic mass is 19.1. The Hall–Kier alpha value is -2.70. The Morgan fingerprint density at radius 1 is 1.04 bits per heavy atom. The number of fused-ring (bicyclic) bond motifs is 1. The van der Waals surface area contributed by atoms with Crippen LogP contribution in [0, 0.1) is 5.82 Å². The second-order valence-electron chi connectivity index (χ2n) is 6.12. The summed E-state index contributed by atoms with van der Waals surface area (Å²) in [6, 6.07) is 6.61. The standard InChI is InChI=1S/C17H19FN6/c18-12-8-6-11(7-9-12)15-21-14-10-19-17(22-16(14)24-23-15)20-13-4-2-1-3-5-13/h6-10,13H,1-5H2,(H,21,23)(H2,19,20,22,24). The lowest BCUT2D eigenvalue weighted by Gasteiger charge is -2.24. The molecule has 0 bridgehead atoms. The van der Waals surface area contributed by atoms with Crippen molar-refractivity contribution in [2.75, 3.05) is 10.7 Å². The molecular formula is C17H19FN6. The van der Waals surface area contributed by atoms with Crippen LogP contribution in [-0.4, -0.2) is 21.8 Å². The molecule has 0 spiro atoms. The summed E-state index contributed by atoms with van der Waals surface area (Å²) in [5, 5.41) is 3.40. The lowest BCUT2D eigenvalue weighted by molar-refractivity contribution is 0.461. The van der Waals surface area contributed by atoms with Crippen LogP contribution in [0.25, 0.3) is 0 Å². The van der Waals surface area contributed by atoms with Crippen molar-refractivity contribution in [3.63, 3.8) is 0 Å². The van der Waals surface area contributed by atoms with Gasteiger partial charge >= 0.3 is 0 Å². The molecule has 2 aromatic rings. The topological polar surface area (TPSA) is 74.2 Å². The van der Waals surface area contributed by atoms with E-state index in [0.717, 1.165) is 5.56 Å². The van der Waals surface area contributed by atoms with Gasteiger partial charge < -0.3 is 5.32 Å². The number of benzene rings is 1. The van der Waals surface area contributed by atoms with Gasteiger partial charge in [-0.25, -0.2) is 14.4 Å². The molecule has 7 heteroatoms. The fraction of sp³-hybridized carbons (Fsp3) is 0.353. The number of anilines is 2. The van der Waals surface area contributed by atoms with Crippen LogP contribution in [0.1, 0.15) is 37.7 Å². The Morgan fingerprint density at radius 3 is 2.62 bits per heavy atom. The van der Waals surface area contributed by atoms with E-state index in [1.165, 1.54) is 44.2 Å². The number of amidine groups is 1. The number of aliphatic imine (C=N–C) groups is 1. The maximum absolute atomic E-state index is 13.0. The summed E-state index contributed by atoms with van der Waals surface area (Å²) in [7, 11) is 0. The Morgan fingerprint density at radius 2 is 1.83 bits per heavy atom. The van der Waals surface area contributed by atoms with Gasteiger partial charge in [0.25, 0.3) is 0 Å². The Kier molecular flexibility index (Phi) is 3.98. The molecule has 4 rings (SSSR count). The number of nitrogens with zero attached hydrogens (tertiary/aromatic N) is 3. The SMILES string of the molecule is Fc1ccc(C2=Nc3cnc(NC4CCCCC4)nc3NN2)cc1. The van der Waals surface area contributed by atoms with Gasteiger partial charge in [0.05, 0.1) is 6.20 Å². The smallest absolute Gasteiger partial charge is 0.225 e. The highest BCUT2D eigenvalue weighted by molar-refractivity contribution is 6.03. The molecule has 1 aromatic heterocycles. The minimum absolute atomic E-state index is 0.273. The average molecular weight is 326 g/mol. The van der Waals surface area contributed by atoms with Crippen LogP contribution in [0.2, 0.25) is 0 Å². The third-order valence-corrected chi connectivity index (χ3v) is 4.36. The first-order chi connectivity index (χ1) is 11.8. The molecule has 2 aliphatic rings. The van der Waals surface area contributed by atoms with E-state index in [1.54, 1.807) is 18.3 Å². The normalized spacial score (nSPS) is 17.3. The molecule has 1 saturated carbocycles. The zero-order valence-electron chi connectivity index (χ0n) is 13.2. The second-order valence-corrected chi connectivity index (χ2v) is 6.12. The van der Waals surface area contributed by atoms with E-state index in [2.05, 4.69) is 31.1 Å². The van der Waals surface area contributed by atoms with Crippen LogP contribution in [0.15, 0.2) is 35.5 Å². The van der Waals surface area contributed by atoms with Gasteiger partial charge in [-0.15, -0.1) is 0 Å². The monoisotopic (exact) mass is 326 g/mol. The van der Waals surface area contributed by atoms with Gasteiger partial charge in [-0.1, -0.05) is 19.3 Å². The molecule has 1 fully saturated rings. The van der Waals surface area contributed by atoms with E-state index in [0.29, 0.717) is 29.3 Å². The molecule has 0 amide bonds. The highest BCUT2D eigenvalue weighted by Gasteiger charge is 2.18. The number of rotatable bonds is 3. The van der Waals surface area contributed by atoms with Crippen molar-refractivity contribution in [1.29, 1.82) is 0 Å². The van der Waals surface area contributed by atoms with Gasteiger partial charge in [0.15, 0.2) is 11.7 Å². The number of nitrogens with one attached hydrogen (secondary N) is 3. The van der Waals surface area contributed by atoms with Gasteiger partial charge in [-0.05, 0) is 37.1 Å². The third kappa shape index (κ3) is 3.15. The first-order valence-corrected chi connectivity index (χ1v) is 8.28. The molecular weight excluding hydrogens is 307 g/mol. The Balaban J connectivity index is 1.53. The van der Waals surface area contributed by atoms with Crippen LogP contribution in [0.3, 0.4) is 0 Å². The fourth-order valence-electron chi connectivity index (χ4n) is 3.06. The van der Waals surface area contributed by atoms with Crippen LogP contribution in [0.5, 0.6) is 0 Å². The van der Waals surface area contributed by atoms with Crippen molar-refractivity contribution < 1.29 is 4.39 Å². The van der Waals surface area contributed by atoms with Gasteiger partial charge in [0, 0.05) is 11.6 Å². The van der Waals surface area contributed by atoms with Crippen LogP contribution in [-0.2, 0) is 0 Å². The van der Waals surface area contributed by atoms with Crippen LogP contribution in [0.4, 0.5) is 21.8 Å². The van der Waals surface area contributed by atoms with Crippen molar-refractivity contribution in [3.8, 4) is 0 Å². The summed E-state index contributed by atoms with van der Waals surface area (Å²) in [6.45, 7) is 0. The number of hydrogen-bond acceptors (Lipinski definition) is 6. The van der Waals surface area contributed by atoms with Crippen LogP contribution >= 0.6 is 0 Å². The molecule has 0 atom stereocenters. The molecule has 0 radical (unpaired) electrons. The summed E-state index contributed by atoms with van der Waals surface area (Å²) >= 11 is 0. The highest BCUT2D eigenvalue weighted by Crippen LogP contribution is 2.27. The van der Waals surface area contributed by atoms with Crippen LogP contribution < -0.4 is 16.2 Å². The van der Waals surface area contributed by atoms with Crippen molar-refractivity contribution in [2.45, 2.75) is 38.1 Å². The minimum Gasteiger partial charge on any atom is -0.351 e. The van der Waals surface area contributed by atoms with Crippen molar-refractivity contribution in [2.24, 2.45) is 4.99 Å². The summed E-state index contributed by atoms with van der Waals surface area (Å²) < 4.78 is 13.0. The summed E-state index contributed by atoms with van der Waals surface area (Å²) in [6.07, 6.45) is 7.86. The van der Waals surface area contributed by atoms with Crippen molar-refractivity contribution >= 4 is 23.3 Å². The first kappa shape index (κ1) is 14.9. The Bertz CT molecular complexity index is 752. The summed E-state index contributed by atoms with van der Waals surface area (Å²) in [5.41, 5.74) is 7.48. The van der Waals surface area contributed by atoms with Gasteiger partial charge in [-0.2, -0.15) is 4.98 Å². The van der Waals surface area contributed by atoms with E-state index in [9.17, 15) is 4.39 Å². The maximum Gasteiger partial charge on any atom is 0.225 e. The molecule has 0 saturated heterocycles. The largest absolute Gasteiger partial charge is 0.351 e. The van der Waals surface area contributed by atoms with E-state index >= 15 is 0 Å². The predicted molar refractivity (Wildman–Crippen MR) is 91.9 cm³/mol. The zero-order valence-corrected chi connectivity index (χ0v) is 13.2. The van der Waals surface area contributed by atoms with Gasteiger partial charge in [-0.3, -0.25) is 10.9 Å². The predicted octanol–water partition coefficient (Wildman–Crippen LogP) is 3.37. The van der Waals surface area contributed by atoms with Gasteiger partial charge in [0.1, 0.15) is 11.5 Å². The molecule has 6 nitrogen and oxygen atoms in total. The molecule has 124 valence electrons. The van der Waals surface area contributed by atoms with Gasteiger partial charge in [0.2, 0.25) is 5.95 Å². The molecule has 24 heavy (non-hydrogen) atoms. The molecule has 0 unspecified atom stereocenters. The number of halogens is 1. The molecule has 2 heterocycles. The third-order valence-electron chi connectivity index (χ3n) is 4.36. The maximum atomic E-state index is 13.0. The molecule has 3 N–H and O–H groups in total. The van der Waals surface area contributed by atoms with E-state index < -0.39 is 0 Å². The summed E-state index contributed by atoms with van der Waals surface area (Å²) in [5.74, 6) is 1.59. The molecule has 1 aliphatic heterocycles. The number of aromatic nitrogens is 2. The lowest BCUT2D eigenvalue weighted by atomic mass is 9.96. The molecule has 1 aromatic carbocycles. The molecule has 1 aliphatic carbocycles. The average Bonchev–Trinajstić information content (AvgIpc) is 2.63. The number of hydrazine groups is 1. The Labute approximate surface area is 139 Å². The quantitative estimate of drug-likeness (QED) is 0.806. The second kappa shape index (κ2) is 6.43. The van der Waals surface area contributed by atoms with Crippen molar-refractivity contribution in [3.05, 3.63) is 41.8 Å². The summed E-state index contributed by atoms with van der Waals surface area (Å²) in [4.78, 5) is 13.4. The van der Waals surface area contributed by atoms with E-state index in [4.69, 9.17) is 0 Å². The minimum atomic E-state index is -0.273. The zero-order chi connectivity index (χ0) is 16.4. The van der Waals surface area contributed by atoms with Crippen molar-refractivity contribution in [1.82, 2.24) is 15.4 Å². The van der Waals surface area contributed by atoms with E-state index in [1.807, 2.05) is 0 Å².